The second kappa shape index (κ2) is 2.77. The molecule has 1 aromatic heterocycles. The van der Waals surface area contributed by atoms with E-state index in [1.165, 1.54) is 6.20 Å². The highest BCUT2D eigenvalue weighted by molar-refractivity contribution is 6.06. The van der Waals surface area contributed by atoms with Crippen molar-refractivity contribution in [2.75, 3.05) is 0 Å². The number of nitrogens with zero attached hydrogens (tertiary/aromatic N) is 2. The molecule has 0 aromatic carbocycles. The SMILES string of the molecule is [B]n1cc(C(C)(C)C)ncc1=O. The smallest absolute Gasteiger partial charge is 0.255 e. The zero-order valence-corrected chi connectivity index (χ0v) is 7.53. The molecule has 0 aliphatic rings. The van der Waals surface area contributed by atoms with Crippen molar-refractivity contribution >= 4 is 7.98 Å². The molecule has 0 amide bonds. The number of aromatic nitrogens is 2. The number of hydrogen-bond donors (Lipinski definition) is 0. The van der Waals surface area contributed by atoms with Gasteiger partial charge in [0.15, 0.2) is 0 Å². The van der Waals surface area contributed by atoms with Crippen molar-refractivity contribution in [3.8, 4) is 0 Å². The van der Waals surface area contributed by atoms with Crippen molar-refractivity contribution in [3.05, 3.63) is 28.4 Å². The van der Waals surface area contributed by atoms with E-state index in [9.17, 15) is 4.79 Å². The minimum atomic E-state index is -0.289. The Bertz CT molecular complexity index is 338. The van der Waals surface area contributed by atoms with Gasteiger partial charge in [-0.2, -0.15) is 0 Å². The first kappa shape index (κ1) is 9.04. The first-order valence-corrected chi connectivity index (χ1v) is 3.75. The van der Waals surface area contributed by atoms with Crippen molar-refractivity contribution in [2.24, 2.45) is 0 Å². The van der Waals surface area contributed by atoms with Crippen LogP contribution in [0.1, 0.15) is 26.5 Å². The molecule has 0 aliphatic carbocycles. The summed E-state index contributed by atoms with van der Waals surface area (Å²) in [6.45, 7) is 6.04. The van der Waals surface area contributed by atoms with E-state index in [0.717, 1.165) is 10.2 Å². The van der Waals surface area contributed by atoms with Gasteiger partial charge in [-0.15, -0.1) is 0 Å². The molecule has 0 saturated carbocycles. The van der Waals surface area contributed by atoms with Crippen LogP contribution in [0, 0.1) is 0 Å². The summed E-state index contributed by atoms with van der Waals surface area (Å²) in [6, 6.07) is 0. The van der Waals surface area contributed by atoms with Crippen LogP contribution in [0.2, 0.25) is 0 Å². The van der Waals surface area contributed by atoms with Crippen LogP contribution in [0.25, 0.3) is 0 Å². The summed E-state index contributed by atoms with van der Waals surface area (Å²) in [5, 5.41) is 0. The molecule has 0 aliphatic heterocycles. The third-order valence-corrected chi connectivity index (χ3v) is 1.60. The predicted octanol–water partition coefficient (Wildman–Crippen LogP) is 0.472. The van der Waals surface area contributed by atoms with Gasteiger partial charge in [-0.1, -0.05) is 20.8 Å². The maximum Gasteiger partial charge on any atom is 0.255 e. The molecular weight excluding hydrogens is 151 g/mol. The summed E-state index contributed by atoms with van der Waals surface area (Å²) in [7, 11) is 5.38. The second-order valence-electron chi connectivity index (χ2n) is 3.77. The first-order chi connectivity index (χ1) is 5.41. The van der Waals surface area contributed by atoms with Crippen LogP contribution < -0.4 is 5.56 Å². The third-order valence-electron chi connectivity index (χ3n) is 1.60. The van der Waals surface area contributed by atoms with Crippen LogP contribution in [-0.2, 0) is 5.41 Å². The molecule has 2 radical (unpaired) electrons. The predicted molar refractivity (Wildman–Crippen MR) is 48.3 cm³/mol. The maximum absolute atomic E-state index is 10.9. The van der Waals surface area contributed by atoms with Gasteiger partial charge in [0.05, 0.1) is 11.9 Å². The van der Waals surface area contributed by atoms with Gasteiger partial charge in [0.25, 0.3) is 5.56 Å². The molecule has 1 rings (SSSR count). The fourth-order valence-electron chi connectivity index (χ4n) is 0.807. The van der Waals surface area contributed by atoms with E-state index in [1.54, 1.807) is 6.20 Å². The minimum absolute atomic E-state index is 0.0746. The van der Waals surface area contributed by atoms with Crippen LogP contribution in [0.5, 0.6) is 0 Å². The van der Waals surface area contributed by atoms with Crippen LogP contribution in [0.3, 0.4) is 0 Å². The topological polar surface area (TPSA) is 34.9 Å². The van der Waals surface area contributed by atoms with E-state index in [0.29, 0.717) is 0 Å². The van der Waals surface area contributed by atoms with Crippen LogP contribution in [-0.4, -0.2) is 17.4 Å². The van der Waals surface area contributed by atoms with Gasteiger partial charge in [-0.3, -0.25) is 9.78 Å². The minimum Gasteiger partial charge on any atom is -0.369 e. The lowest BCUT2D eigenvalue weighted by molar-refractivity contribution is 0.562. The Kier molecular flexibility index (Phi) is 2.09. The fraction of sp³-hybridized carbons (Fsp3) is 0.500. The Morgan fingerprint density at radius 2 is 2.08 bits per heavy atom. The standard InChI is InChI=1S/C8H11BN2O/c1-8(2,3)6-5-11(9)7(12)4-10-6/h4-5H,1-3H3. The highest BCUT2D eigenvalue weighted by Gasteiger charge is 2.15. The van der Waals surface area contributed by atoms with Gasteiger partial charge in [0.1, 0.15) is 0 Å². The molecule has 0 saturated heterocycles. The summed E-state index contributed by atoms with van der Waals surface area (Å²) >= 11 is 0. The molecule has 0 N–H and O–H groups in total. The van der Waals surface area contributed by atoms with Gasteiger partial charge in [-0.05, 0) is 0 Å². The van der Waals surface area contributed by atoms with Crippen LogP contribution in [0.4, 0.5) is 0 Å². The van der Waals surface area contributed by atoms with E-state index in [2.05, 4.69) is 4.98 Å². The first-order valence-electron chi connectivity index (χ1n) is 3.75. The summed E-state index contributed by atoms with van der Waals surface area (Å²) in [6.07, 6.45) is 2.79. The molecule has 0 bridgehead atoms. The van der Waals surface area contributed by atoms with Gasteiger partial charge in [0.2, 0.25) is 7.98 Å². The van der Waals surface area contributed by atoms with Crippen molar-refractivity contribution in [2.45, 2.75) is 26.2 Å². The molecular formula is C8H11BN2O. The van der Waals surface area contributed by atoms with Crippen LogP contribution >= 0.6 is 0 Å². The molecule has 0 spiro atoms. The van der Waals surface area contributed by atoms with E-state index >= 15 is 0 Å². The third kappa shape index (κ3) is 1.75. The van der Waals surface area contributed by atoms with Crippen molar-refractivity contribution in [3.63, 3.8) is 0 Å². The Balaban J connectivity index is 3.23. The zero-order valence-electron chi connectivity index (χ0n) is 7.53. The normalized spacial score (nSPS) is 11.6. The summed E-state index contributed by atoms with van der Waals surface area (Å²) < 4.78 is 1.05. The molecule has 0 atom stereocenters. The average Bonchev–Trinajstić information content (AvgIpc) is 1.92. The highest BCUT2D eigenvalue weighted by atomic mass is 16.1. The highest BCUT2D eigenvalue weighted by Crippen LogP contribution is 2.17. The van der Waals surface area contributed by atoms with Crippen molar-refractivity contribution < 1.29 is 0 Å². The Hall–Kier alpha value is -1.06. The fourth-order valence-corrected chi connectivity index (χ4v) is 0.807. The molecule has 0 unspecified atom stereocenters. The maximum atomic E-state index is 10.9. The van der Waals surface area contributed by atoms with Gasteiger partial charge >= 0.3 is 0 Å². The lowest BCUT2D eigenvalue weighted by atomic mass is 9.92. The summed E-state index contributed by atoms with van der Waals surface area (Å²) in [4.78, 5) is 14.9. The summed E-state index contributed by atoms with van der Waals surface area (Å²) in [5.74, 6) is 0. The lowest BCUT2D eigenvalue weighted by Gasteiger charge is -2.17. The summed E-state index contributed by atoms with van der Waals surface area (Å²) in [5.41, 5.74) is 0.446. The Morgan fingerprint density at radius 1 is 1.50 bits per heavy atom. The van der Waals surface area contributed by atoms with E-state index in [-0.39, 0.29) is 11.0 Å². The lowest BCUT2D eigenvalue weighted by Crippen LogP contribution is -2.23. The zero-order chi connectivity index (χ0) is 9.35. The van der Waals surface area contributed by atoms with Crippen molar-refractivity contribution in [1.29, 1.82) is 0 Å². The quantitative estimate of drug-likeness (QED) is 0.519. The van der Waals surface area contributed by atoms with E-state index in [4.69, 9.17) is 7.98 Å². The molecule has 0 fully saturated rings. The number of rotatable bonds is 0. The Morgan fingerprint density at radius 3 is 2.50 bits per heavy atom. The molecule has 12 heavy (non-hydrogen) atoms. The molecule has 1 heterocycles. The van der Waals surface area contributed by atoms with Crippen molar-refractivity contribution in [1.82, 2.24) is 9.46 Å². The monoisotopic (exact) mass is 162 g/mol. The largest absolute Gasteiger partial charge is 0.369 e. The van der Waals surface area contributed by atoms with Gasteiger partial charge in [0, 0.05) is 11.6 Å². The van der Waals surface area contributed by atoms with E-state index < -0.39 is 0 Å². The van der Waals surface area contributed by atoms with E-state index in [1.807, 2.05) is 20.8 Å². The molecule has 4 heteroatoms. The van der Waals surface area contributed by atoms with Gasteiger partial charge in [-0.25, -0.2) is 0 Å². The van der Waals surface area contributed by atoms with Gasteiger partial charge < -0.3 is 4.48 Å². The molecule has 1 aromatic rings. The molecule has 62 valence electrons. The second-order valence-corrected chi connectivity index (χ2v) is 3.77. The van der Waals surface area contributed by atoms with Crippen LogP contribution in [0.15, 0.2) is 17.2 Å². The molecule has 3 nitrogen and oxygen atoms in total. The number of hydrogen-bond acceptors (Lipinski definition) is 2. The Labute approximate surface area is 72.9 Å². The average molecular weight is 162 g/mol.